The predicted octanol–water partition coefficient (Wildman–Crippen LogP) is 33.1. The number of esters is 4. The molecule has 0 aromatic carbocycles. The molecule has 14 nitrogen and oxygen atoms in total. The van der Waals surface area contributed by atoms with Crippen LogP contribution in [-0.4, -0.2) is 148 Å². The van der Waals surface area contributed by atoms with Gasteiger partial charge in [0.1, 0.15) is 0 Å². The minimum Gasteiger partial charge on any atom is -0.465 e. The molecule has 2 amide bonds. The van der Waals surface area contributed by atoms with Gasteiger partial charge in [-0.3, -0.25) is 28.8 Å². The van der Waals surface area contributed by atoms with Crippen molar-refractivity contribution in [3.63, 3.8) is 0 Å². The number of amides is 2. The van der Waals surface area contributed by atoms with Crippen LogP contribution >= 0.6 is 0 Å². The van der Waals surface area contributed by atoms with Crippen LogP contribution in [0.3, 0.4) is 0 Å². The highest BCUT2D eigenvalue weighted by atomic mass is 16.5. The number of hydrogen-bond donors (Lipinski definition) is 0. The molecule has 14 heteroatoms. The number of unbranched alkanes of at least 4 members (excludes halogenated alkanes) is 47. The highest BCUT2D eigenvalue weighted by molar-refractivity contribution is 5.77. The van der Waals surface area contributed by atoms with E-state index in [1.54, 1.807) is 0 Å². The summed E-state index contributed by atoms with van der Waals surface area (Å²) in [4.78, 5) is 91.4. The van der Waals surface area contributed by atoms with Crippen molar-refractivity contribution in [2.45, 2.75) is 588 Å². The molecular weight excluding hydrogens is 1590 g/mol. The van der Waals surface area contributed by atoms with Crippen molar-refractivity contribution in [2.75, 3.05) is 80.8 Å². The van der Waals surface area contributed by atoms with Gasteiger partial charge in [0.15, 0.2) is 0 Å². The Hall–Kier alpha value is -3.26. The lowest BCUT2D eigenvalue weighted by Crippen LogP contribution is -2.41. The van der Waals surface area contributed by atoms with Crippen molar-refractivity contribution in [3.05, 3.63) is 0 Å². The zero-order valence-corrected chi connectivity index (χ0v) is 88.1. The van der Waals surface area contributed by atoms with E-state index in [0.29, 0.717) is 69.1 Å². The Balaban J connectivity index is 5.40. The summed E-state index contributed by atoms with van der Waals surface area (Å²) in [5.74, 6) is 1.63. The number of hydrogen-bond acceptors (Lipinski definition) is 12. The summed E-state index contributed by atoms with van der Waals surface area (Å²) in [5, 5.41) is 0. The summed E-state index contributed by atoms with van der Waals surface area (Å²) in [5.41, 5.74) is 0. The highest BCUT2D eigenvalue weighted by Crippen LogP contribution is 2.31. The van der Waals surface area contributed by atoms with E-state index in [2.05, 4.69) is 110 Å². The lowest BCUT2D eigenvalue weighted by atomic mass is 9.88. The Bertz CT molecular complexity index is 2400. The lowest BCUT2D eigenvalue weighted by molar-refractivity contribution is -0.150. The third-order valence-corrected chi connectivity index (χ3v) is 28.2. The molecule has 0 N–H and O–H groups in total. The second kappa shape index (κ2) is 95.5. The van der Waals surface area contributed by atoms with E-state index in [9.17, 15) is 28.8 Å². The van der Waals surface area contributed by atoms with Crippen LogP contribution in [0.5, 0.6) is 0 Å². The number of carbonyl (C=O) groups is 6. The minimum absolute atomic E-state index is 0.0105. The Morgan fingerprint density at radius 1 is 0.195 bits per heavy atom. The van der Waals surface area contributed by atoms with Crippen molar-refractivity contribution < 1.29 is 47.7 Å². The van der Waals surface area contributed by atoms with Gasteiger partial charge in [-0.2, -0.15) is 0 Å². The van der Waals surface area contributed by atoms with E-state index in [-0.39, 0.29) is 47.5 Å². The van der Waals surface area contributed by atoms with Crippen molar-refractivity contribution in [2.24, 2.45) is 29.6 Å². The number of nitrogens with zero attached hydrogens (tertiary/aromatic N) is 4. The van der Waals surface area contributed by atoms with Gasteiger partial charge in [-0.15, -0.1) is 0 Å². The average molecular weight is 1810 g/mol. The summed E-state index contributed by atoms with van der Waals surface area (Å²) in [6.45, 7) is 26.1. The fourth-order valence-electron chi connectivity index (χ4n) is 19.5. The van der Waals surface area contributed by atoms with E-state index in [1.165, 1.54) is 225 Å². The van der Waals surface area contributed by atoms with Gasteiger partial charge < -0.3 is 38.5 Å². The molecule has 0 rings (SSSR count). The Kier molecular flexibility index (Phi) is 93.0. The average Bonchev–Trinajstić information content (AvgIpc) is 0.882. The SMILES string of the molecule is CCCCCCCC(=O)N(CCCN(C)C)C(CCCCCCCCCOC(=O)C(CCCC)CCCCCC)CCCCCCCCCOC(=O)C(CCCCCC)CCCCC(CC)CCCC(CCCCCC)C(=O)OCCCCCCCCC(CCCCCCCCOC(=O)C(CCCCCC)CCCCCC)N(CCCN(C)C)C(=O)CCCCCCC. The number of rotatable bonds is 102. The second-order valence-corrected chi connectivity index (χ2v) is 40.8. The molecule has 0 aliphatic rings. The molecule has 0 bridgehead atoms. The molecule has 6 unspecified atom stereocenters. The maximum atomic E-state index is 14.2. The first-order valence-electron chi connectivity index (χ1n) is 57.1. The molecule has 0 spiro atoms. The zero-order chi connectivity index (χ0) is 93.9. The van der Waals surface area contributed by atoms with Crippen LogP contribution in [0.2, 0.25) is 0 Å². The summed E-state index contributed by atoms with van der Waals surface area (Å²) >= 11 is 0. The maximum Gasteiger partial charge on any atom is 0.308 e. The minimum atomic E-state index is -0.0183. The van der Waals surface area contributed by atoms with Gasteiger partial charge in [0.25, 0.3) is 0 Å². The van der Waals surface area contributed by atoms with E-state index in [0.717, 1.165) is 302 Å². The highest BCUT2D eigenvalue weighted by Gasteiger charge is 2.28. The van der Waals surface area contributed by atoms with Gasteiger partial charge in [0.2, 0.25) is 11.8 Å². The summed E-state index contributed by atoms with van der Waals surface area (Å²) in [6.07, 6.45) is 89.1. The van der Waals surface area contributed by atoms with E-state index >= 15 is 0 Å². The standard InChI is InChI=1S/C114H222N4O10/c1-14-23-31-48-67-92-109(119)117(96-76-94-115(10)11)107(88-63-50-40-38-44-54-71-98-125-111(121)103(80-30-21-8)81-58-33-25-16-3)89-64-51-41-39-45-55-72-99-127-113(123)105(84-61-36-28-19-6)86-70-69-78-102(22-9)79-75-87-106(85-62-37-29-20-7)114(124)128-101-74-57-47-43-53-66-91-108(118(97-77-95-116(12)13)110(120)93-68-49-32-24-15-2)90-65-52-42-46-56-73-100-126-112(122)104(82-59-34-26-17-4)83-60-35-27-18-5/h102-108H,14-101H2,1-13H3. The maximum absolute atomic E-state index is 14.2. The summed E-state index contributed by atoms with van der Waals surface area (Å²) < 4.78 is 24.0. The monoisotopic (exact) mass is 1810 g/mol. The molecule has 0 saturated heterocycles. The fraction of sp³-hybridized carbons (Fsp3) is 0.947. The summed E-state index contributed by atoms with van der Waals surface area (Å²) in [6, 6.07) is 0.604. The first-order valence-corrected chi connectivity index (χ1v) is 57.1. The molecule has 758 valence electrons. The Labute approximate surface area is 796 Å². The third-order valence-electron chi connectivity index (χ3n) is 28.2. The molecule has 0 heterocycles. The van der Waals surface area contributed by atoms with Crippen LogP contribution in [0.15, 0.2) is 0 Å². The third kappa shape index (κ3) is 77.0. The molecular formula is C114H222N4O10. The molecule has 6 atom stereocenters. The van der Waals surface area contributed by atoms with Crippen LogP contribution in [0, 0.1) is 29.6 Å². The van der Waals surface area contributed by atoms with Crippen molar-refractivity contribution in [1.82, 2.24) is 19.6 Å². The van der Waals surface area contributed by atoms with E-state index in [4.69, 9.17) is 18.9 Å². The van der Waals surface area contributed by atoms with Crippen molar-refractivity contribution in [1.29, 1.82) is 0 Å². The van der Waals surface area contributed by atoms with Gasteiger partial charge in [0, 0.05) is 38.0 Å². The normalized spacial score (nSPS) is 13.2. The topological polar surface area (TPSA) is 152 Å². The van der Waals surface area contributed by atoms with Crippen molar-refractivity contribution in [3.8, 4) is 0 Å². The smallest absolute Gasteiger partial charge is 0.308 e. The van der Waals surface area contributed by atoms with E-state index < -0.39 is 0 Å². The summed E-state index contributed by atoms with van der Waals surface area (Å²) in [7, 11) is 8.57. The molecule has 0 aromatic rings. The molecule has 128 heavy (non-hydrogen) atoms. The predicted molar refractivity (Wildman–Crippen MR) is 550 cm³/mol. The molecule has 0 aliphatic heterocycles. The van der Waals surface area contributed by atoms with Gasteiger partial charge in [-0.25, -0.2) is 0 Å². The fourth-order valence-corrected chi connectivity index (χ4v) is 19.5. The largest absolute Gasteiger partial charge is 0.465 e. The van der Waals surface area contributed by atoms with Crippen LogP contribution < -0.4 is 0 Å². The van der Waals surface area contributed by atoms with Gasteiger partial charge in [-0.1, -0.05) is 435 Å². The second-order valence-electron chi connectivity index (χ2n) is 40.8. The molecule has 0 fully saturated rings. The molecule has 0 saturated carbocycles. The van der Waals surface area contributed by atoms with Gasteiger partial charge in [-0.05, 0) is 176 Å². The quantitative estimate of drug-likeness (QED) is 0.0324. The molecule has 0 aromatic heterocycles. The first-order chi connectivity index (χ1) is 62.5. The first kappa shape index (κ1) is 125. The number of carbonyl (C=O) groups excluding carboxylic acids is 6. The van der Waals surface area contributed by atoms with Crippen molar-refractivity contribution >= 4 is 35.7 Å². The number of ether oxygens (including phenoxy) is 4. The van der Waals surface area contributed by atoms with Crippen LogP contribution in [-0.2, 0) is 47.7 Å². The van der Waals surface area contributed by atoms with Gasteiger partial charge >= 0.3 is 23.9 Å². The molecule has 0 aliphatic carbocycles. The molecule has 0 radical (unpaired) electrons. The lowest BCUT2D eigenvalue weighted by Gasteiger charge is -2.33. The zero-order valence-electron chi connectivity index (χ0n) is 88.1. The van der Waals surface area contributed by atoms with Crippen LogP contribution in [0.4, 0.5) is 0 Å². The Morgan fingerprint density at radius 2 is 0.391 bits per heavy atom. The van der Waals surface area contributed by atoms with Crippen LogP contribution in [0.1, 0.15) is 576 Å². The van der Waals surface area contributed by atoms with Gasteiger partial charge in [0.05, 0.1) is 50.1 Å². The van der Waals surface area contributed by atoms with E-state index in [1.807, 2.05) is 0 Å². The Morgan fingerprint density at radius 3 is 0.648 bits per heavy atom. The van der Waals surface area contributed by atoms with Crippen LogP contribution in [0.25, 0.3) is 0 Å².